The van der Waals surface area contributed by atoms with E-state index in [1.807, 2.05) is 6.92 Å². The summed E-state index contributed by atoms with van der Waals surface area (Å²) in [4.78, 5) is 12.0. The lowest BCUT2D eigenvalue weighted by Gasteiger charge is -2.24. The van der Waals surface area contributed by atoms with Crippen LogP contribution >= 0.6 is 11.6 Å². The fraction of sp³-hybridized carbons (Fsp3) is 0.733. The third-order valence-corrected chi connectivity index (χ3v) is 4.01. The summed E-state index contributed by atoms with van der Waals surface area (Å²) in [7, 11) is 1.74. The minimum absolute atomic E-state index is 0.155. The Morgan fingerprint density at radius 3 is 2.62 bits per heavy atom. The summed E-state index contributed by atoms with van der Waals surface area (Å²) < 4.78 is 1.55. The highest BCUT2D eigenvalue weighted by molar-refractivity contribution is 6.30. The number of halogens is 1. The summed E-state index contributed by atoms with van der Waals surface area (Å²) in [6.07, 6.45) is 1.77. The van der Waals surface area contributed by atoms with E-state index < -0.39 is 5.60 Å². The number of aromatic nitrogens is 2. The lowest BCUT2D eigenvalue weighted by Crippen LogP contribution is -2.41. The van der Waals surface area contributed by atoms with Gasteiger partial charge in [0, 0.05) is 19.2 Å². The Balaban J connectivity index is 2.51. The Kier molecular flexibility index (Phi) is 6.23. The van der Waals surface area contributed by atoms with Crippen LogP contribution in [0.25, 0.3) is 0 Å². The van der Waals surface area contributed by atoms with Crippen molar-refractivity contribution in [1.82, 2.24) is 15.1 Å². The van der Waals surface area contributed by atoms with E-state index in [4.69, 9.17) is 11.6 Å². The molecule has 120 valence electrons. The number of carbonyl (C=O) groups is 1. The smallest absolute Gasteiger partial charge is 0.224 e. The molecule has 1 heterocycles. The molecule has 0 aliphatic heterocycles. The molecule has 0 saturated carbocycles. The first-order valence-corrected chi connectivity index (χ1v) is 7.67. The van der Waals surface area contributed by atoms with Gasteiger partial charge in [-0.2, -0.15) is 5.10 Å². The van der Waals surface area contributed by atoms with Crippen molar-refractivity contribution in [2.75, 3.05) is 6.54 Å². The molecule has 0 saturated heterocycles. The number of nitrogens with one attached hydrogen (secondary N) is 1. The van der Waals surface area contributed by atoms with Crippen LogP contribution in [-0.2, 0) is 18.3 Å². The zero-order valence-electron chi connectivity index (χ0n) is 13.5. The maximum absolute atomic E-state index is 12.0. The van der Waals surface area contributed by atoms with Crippen molar-refractivity contribution in [1.29, 1.82) is 0 Å². The molecule has 1 aromatic heterocycles. The molecule has 0 spiro atoms. The molecule has 21 heavy (non-hydrogen) atoms. The molecule has 1 aromatic rings. The number of carbonyl (C=O) groups excluding carboxylic acids is 1. The lowest BCUT2D eigenvalue weighted by atomic mass is 9.95. The van der Waals surface area contributed by atoms with E-state index in [0.717, 1.165) is 17.7 Å². The lowest BCUT2D eigenvalue weighted by molar-refractivity contribution is -0.121. The average Bonchev–Trinajstić information content (AvgIpc) is 2.61. The zero-order chi connectivity index (χ0) is 16.2. The third kappa shape index (κ3) is 5.67. The molecule has 6 heteroatoms. The number of hydrogen-bond donors (Lipinski definition) is 2. The molecule has 0 fully saturated rings. The first-order valence-electron chi connectivity index (χ1n) is 7.29. The van der Waals surface area contributed by atoms with Crippen molar-refractivity contribution >= 4 is 17.5 Å². The maximum Gasteiger partial charge on any atom is 0.224 e. The van der Waals surface area contributed by atoms with Gasteiger partial charge in [-0.3, -0.25) is 9.48 Å². The zero-order valence-corrected chi connectivity index (χ0v) is 14.3. The molecular weight excluding hydrogens is 290 g/mol. The second-order valence-electron chi connectivity index (χ2n) is 6.36. The van der Waals surface area contributed by atoms with Crippen LogP contribution in [0, 0.1) is 12.8 Å². The van der Waals surface area contributed by atoms with Gasteiger partial charge in [-0.25, -0.2) is 0 Å². The van der Waals surface area contributed by atoms with E-state index in [9.17, 15) is 9.90 Å². The largest absolute Gasteiger partial charge is 0.388 e. The van der Waals surface area contributed by atoms with E-state index in [1.54, 1.807) is 18.7 Å². The van der Waals surface area contributed by atoms with Crippen LogP contribution in [0.3, 0.4) is 0 Å². The molecule has 0 aliphatic carbocycles. The first-order chi connectivity index (χ1) is 9.62. The van der Waals surface area contributed by atoms with Gasteiger partial charge >= 0.3 is 0 Å². The predicted molar refractivity (Wildman–Crippen MR) is 84.4 cm³/mol. The second kappa shape index (κ2) is 7.27. The topological polar surface area (TPSA) is 67.2 Å². The van der Waals surface area contributed by atoms with Crippen LogP contribution in [0.1, 0.15) is 44.9 Å². The minimum Gasteiger partial charge on any atom is -0.388 e. The van der Waals surface area contributed by atoms with E-state index in [2.05, 4.69) is 24.3 Å². The summed E-state index contributed by atoms with van der Waals surface area (Å²) in [5.41, 5.74) is 0.607. The van der Waals surface area contributed by atoms with E-state index in [1.165, 1.54) is 0 Å². The van der Waals surface area contributed by atoms with Crippen LogP contribution < -0.4 is 5.32 Å². The van der Waals surface area contributed by atoms with Crippen molar-refractivity contribution in [3.05, 3.63) is 16.4 Å². The van der Waals surface area contributed by atoms with Gasteiger partial charge in [0.05, 0.1) is 17.7 Å². The molecule has 5 nitrogen and oxygen atoms in total. The fourth-order valence-corrected chi connectivity index (χ4v) is 2.32. The van der Waals surface area contributed by atoms with E-state index in [-0.39, 0.29) is 18.9 Å². The molecule has 0 aliphatic rings. The Bertz CT molecular complexity index is 495. The van der Waals surface area contributed by atoms with Crippen molar-refractivity contribution in [3.63, 3.8) is 0 Å². The number of aliphatic hydroxyl groups is 1. The summed E-state index contributed by atoms with van der Waals surface area (Å²) in [5, 5.41) is 17.7. The van der Waals surface area contributed by atoms with Gasteiger partial charge in [0.2, 0.25) is 5.91 Å². The normalized spacial score (nSPS) is 14.3. The van der Waals surface area contributed by atoms with Crippen LogP contribution in [-0.4, -0.2) is 32.9 Å². The molecule has 1 rings (SSSR count). The molecule has 1 amide bonds. The minimum atomic E-state index is -0.881. The van der Waals surface area contributed by atoms with E-state index >= 15 is 0 Å². The Morgan fingerprint density at radius 1 is 1.52 bits per heavy atom. The van der Waals surface area contributed by atoms with Crippen LogP contribution in [0.5, 0.6) is 0 Å². The summed E-state index contributed by atoms with van der Waals surface area (Å²) in [5.74, 6) is 0.377. The van der Waals surface area contributed by atoms with Gasteiger partial charge in [0.15, 0.2) is 0 Å². The third-order valence-electron chi connectivity index (χ3n) is 3.53. The van der Waals surface area contributed by atoms with Crippen LogP contribution in [0.2, 0.25) is 5.15 Å². The van der Waals surface area contributed by atoms with Crippen LogP contribution in [0.15, 0.2) is 0 Å². The summed E-state index contributed by atoms with van der Waals surface area (Å²) in [6.45, 7) is 8.05. The maximum atomic E-state index is 12.0. The number of aryl methyl sites for hydroxylation is 2. The van der Waals surface area contributed by atoms with Gasteiger partial charge in [0.1, 0.15) is 5.15 Å². The predicted octanol–water partition coefficient (Wildman–Crippen LogP) is 2.23. The van der Waals surface area contributed by atoms with Gasteiger partial charge in [-0.1, -0.05) is 25.4 Å². The van der Waals surface area contributed by atoms with Crippen molar-refractivity contribution in [3.8, 4) is 0 Å². The number of amides is 1. The monoisotopic (exact) mass is 315 g/mol. The summed E-state index contributed by atoms with van der Waals surface area (Å²) >= 11 is 6.10. The molecule has 2 N–H and O–H groups in total. The molecule has 0 radical (unpaired) electrons. The molecule has 1 unspecified atom stereocenters. The van der Waals surface area contributed by atoms with Gasteiger partial charge < -0.3 is 10.4 Å². The molecular formula is C15H26ClN3O2. The number of rotatable bonds is 7. The van der Waals surface area contributed by atoms with Gasteiger partial charge in [-0.05, 0) is 32.6 Å². The summed E-state index contributed by atoms with van der Waals surface area (Å²) in [6, 6.07) is 0. The Morgan fingerprint density at radius 2 is 2.14 bits per heavy atom. The van der Waals surface area contributed by atoms with E-state index in [0.29, 0.717) is 17.5 Å². The highest BCUT2D eigenvalue weighted by Crippen LogP contribution is 2.19. The molecule has 0 bridgehead atoms. The molecule has 1 atom stereocenters. The second-order valence-corrected chi connectivity index (χ2v) is 6.72. The SMILES string of the molecule is Cc1nn(C)c(Cl)c1CC(=O)NCC(C)(O)CCC(C)C. The highest BCUT2D eigenvalue weighted by Gasteiger charge is 2.22. The average molecular weight is 316 g/mol. The van der Waals surface area contributed by atoms with Crippen molar-refractivity contribution < 1.29 is 9.90 Å². The number of nitrogens with zero attached hydrogens (tertiary/aromatic N) is 2. The Hall–Kier alpha value is -1.07. The Labute approximate surface area is 131 Å². The van der Waals surface area contributed by atoms with Gasteiger partial charge in [0.25, 0.3) is 0 Å². The fourth-order valence-electron chi connectivity index (χ4n) is 2.07. The van der Waals surface area contributed by atoms with Gasteiger partial charge in [-0.15, -0.1) is 0 Å². The first kappa shape index (κ1) is 18.0. The van der Waals surface area contributed by atoms with Crippen molar-refractivity contribution in [2.45, 2.75) is 52.6 Å². The van der Waals surface area contributed by atoms with Crippen molar-refractivity contribution in [2.24, 2.45) is 13.0 Å². The number of hydrogen-bond acceptors (Lipinski definition) is 3. The standard InChI is InChI=1S/C15H26ClN3O2/c1-10(2)6-7-15(4,21)9-17-13(20)8-12-11(3)18-19(5)14(12)16/h10,21H,6-9H2,1-5H3,(H,17,20). The highest BCUT2D eigenvalue weighted by atomic mass is 35.5. The van der Waals surface area contributed by atoms with Crippen LogP contribution in [0.4, 0.5) is 0 Å². The quantitative estimate of drug-likeness (QED) is 0.811. The molecule has 0 aromatic carbocycles.